The van der Waals surface area contributed by atoms with Crippen LogP contribution in [0.4, 0.5) is 10.1 Å². The summed E-state index contributed by atoms with van der Waals surface area (Å²) in [4.78, 5) is 24.6. The minimum atomic E-state index is -0.566. The number of nitrogens with one attached hydrogen (secondary N) is 1. The summed E-state index contributed by atoms with van der Waals surface area (Å²) in [5.41, 5.74) is 6.46. The van der Waals surface area contributed by atoms with Crippen LogP contribution in [0.15, 0.2) is 60.7 Å². The van der Waals surface area contributed by atoms with Gasteiger partial charge in [0.1, 0.15) is 5.82 Å². The van der Waals surface area contributed by atoms with Gasteiger partial charge in [0.15, 0.2) is 0 Å². The summed E-state index contributed by atoms with van der Waals surface area (Å²) in [5.74, 6) is -1.23. The Kier molecular flexibility index (Phi) is 4.39. The Balaban J connectivity index is 1.81. The van der Waals surface area contributed by atoms with Gasteiger partial charge in [0.25, 0.3) is 5.91 Å². The number of amides is 2. The van der Waals surface area contributed by atoms with Gasteiger partial charge < -0.3 is 11.1 Å². The van der Waals surface area contributed by atoms with Gasteiger partial charge >= 0.3 is 0 Å². The van der Waals surface area contributed by atoms with Gasteiger partial charge in [-0.1, -0.05) is 24.3 Å². The molecule has 0 saturated heterocycles. The molecule has 2 aromatic carbocycles. The van der Waals surface area contributed by atoms with Crippen molar-refractivity contribution in [1.29, 1.82) is 0 Å². The molecular weight excluding hydrogens is 327 g/mol. The highest BCUT2D eigenvalue weighted by atomic mass is 32.1. The molecule has 1 aromatic heterocycles. The maximum absolute atomic E-state index is 13.8. The Labute approximate surface area is 141 Å². The van der Waals surface area contributed by atoms with Gasteiger partial charge in [-0.3, -0.25) is 9.59 Å². The number of rotatable bonds is 4. The van der Waals surface area contributed by atoms with Crippen LogP contribution in [0.5, 0.6) is 0 Å². The lowest BCUT2D eigenvalue weighted by molar-refractivity contribution is 0.0996. The average Bonchev–Trinajstić information content (AvgIpc) is 3.05. The average molecular weight is 340 g/mol. The van der Waals surface area contributed by atoms with Gasteiger partial charge in [-0.05, 0) is 36.4 Å². The highest BCUT2D eigenvalue weighted by Gasteiger charge is 2.13. The molecule has 4 nitrogen and oxygen atoms in total. The van der Waals surface area contributed by atoms with Gasteiger partial charge in [-0.25, -0.2) is 4.39 Å². The molecule has 0 fully saturated rings. The quantitative estimate of drug-likeness (QED) is 0.756. The zero-order valence-corrected chi connectivity index (χ0v) is 13.3. The van der Waals surface area contributed by atoms with Crippen molar-refractivity contribution in [3.8, 4) is 10.4 Å². The fourth-order valence-electron chi connectivity index (χ4n) is 2.21. The zero-order chi connectivity index (χ0) is 17.1. The van der Waals surface area contributed by atoms with Crippen molar-refractivity contribution in [3.05, 3.63) is 76.9 Å². The summed E-state index contributed by atoms with van der Waals surface area (Å²) in [6.45, 7) is 0. The number of primary amides is 1. The second-order valence-corrected chi connectivity index (χ2v) is 6.13. The van der Waals surface area contributed by atoms with Crippen molar-refractivity contribution in [2.45, 2.75) is 0 Å². The third kappa shape index (κ3) is 3.33. The van der Waals surface area contributed by atoms with Gasteiger partial charge in [0.05, 0.1) is 4.88 Å². The summed E-state index contributed by atoms with van der Waals surface area (Å²) in [6, 6.07) is 16.1. The number of hydrogen-bond donors (Lipinski definition) is 2. The highest BCUT2D eigenvalue weighted by Crippen LogP contribution is 2.30. The number of carbonyl (C=O) groups excluding carboxylic acids is 2. The van der Waals surface area contributed by atoms with Gasteiger partial charge in [0, 0.05) is 21.7 Å². The van der Waals surface area contributed by atoms with Crippen LogP contribution in [0.3, 0.4) is 0 Å². The first-order chi connectivity index (χ1) is 11.5. The molecule has 6 heteroatoms. The lowest BCUT2D eigenvalue weighted by Gasteiger charge is -2.04. The second-order valence-electron chi connectivity index (χ2n) is 5.04. The summed E-state index contributed by atoms with van der Waals surface area (Å²) in [6.07, 6.45) is 0. The van der Waals surface area contributed by atoms with E-state index in [2.05, 4.69) is 5.32 Å². The number of halogens is 1. The first kappa shape index (κ1) is 15.9. The van der Waals surface area contributed by atoms with Crippen LogP contribution < -0.4 is 11.1 Å². The minimum Gasteiger partial charge on any atom is -0.366 e. The van der Waals surface area contributed by atoms with E-state index in [1.54, 1.807) is 48.5 Å². The van der Waals surface area contributed by atoms with E-state index in [1.807, 2.05) is 0 Å². The molecule has 0 spiro atoms. The van der Waals surface area contributed by atoms with E-state index in [0.29, 0.717) is 26.6 Å². The third-order valence-electron chi connectivity index (χ3n) is 3.37. The molecule has 0 aliphatic rings. The van der Waals surface area contributed by atoms with Crippen LogP contribution in [-0.2, 0) is 0 Å². The molecule has 0 radical (unpaired) electrons. The van der Waals surface area contributed by atoms with Gasteiger partial charge in [-0.2, -0.15) is 0 Å². The summed E-state index contributed by atoms with van der Waals surface area (Å²) in [5, 5.41) is 2.70. The number of thiophene rings is 1. The second kappa shape index (κ2) is 6.64. The van der Waals surface area contributed by atoms with Crippen molar-refractivity contribution in [3.63, 3.8) is 0 Å². The highest BCUT2D eigenvalue weighted by molar-refractivity contribution is 7.17. The lowest BCUT2D eigenvalue weighted by atomic mass is 10.2. The number of hydrogen-bond acceptors (Lipinski definition) is 3. The molecular formula is C18H13FN2O2S. The van der Waals surface area contributed by atoms with Crippen molar-refractivity contribution in [1.82, 2.24) is 0 Å². The van der Waals surface area contributed by atoms with Crippen molar-refractivity contribution in [2.24, 2.45) is 5.73 Å². The van der Waals surface area contributed by atoms with Gasteiger partial charge in [-0.15, -0.1) is 11.3 Å². The largest absolute Gasteiger partial charge is 0.366 e. The number of benzene rings is 2. The van der Waals surface area contributed by atoms with Crippen LogP contribution >= 0.6 is 11.3 Å². The van der Waals surface area contributed by atoms with E-state index >= 15 is 0 Å². The first-order valence-corrected chi connectivity index (χ1v) is 7.92. The molecule has 24 heavy (non-hydrogen) atoms. The molecule has 0 bridgehead atoms. The Morgan fingerprint density at radius 2 is 1.79 bits per heavy atom. The topological polar surface area (TPSA) is 72.2 Å². The Morgan fingerprint density at radius 1 is 1.00 bits per heavy atom. The van der Waals surface area contributed by atoms with Crippen molar-refractivity contribution >= 4 is 28.8 Å². The smallest absolute Gasteiger partial charge is 0.265 e. The monoisotopic (exact) mass is 340 g/mol. The standard InChI is InChI=1S/C18H13FN2O2S/c19-14-7-2-1-6-13(14)15-8-9-16(24-15)18(23)21-12-5-3-4-11(10-12)17(20)22/h1-10H,(H2,20,22)(H,21,23). The Morgan fingerprint density at radius 3 is 2.54 bits per heavy atom. The molecule has 3 N–H and O–H groups in total. The first-order valence-electron chi connectivity index (χ1n) is 7.10. The van der Waals surface area contributed by atoms with E-state index in [4.69, 9.17) is 5.73 Å². The molecule has 3 aromatic rings. The van der Waals surface area contributed by atoms with E-state index in [9.17, 15) is 14.0 Å². The minimum absolute atomic E-state index is 0.311. The van der Waals surface area contributed by atoms with Crippen LogP contribution in [-0.4, -0.2) is 11.8 Å². The normalized spacial score (nSPS) is 10.4. The fraction of sp³-hybridized carbons (Fsp3) is 0. The molecule has 1 heterocycles. The number of anilines is 1. The molecule has 0 atom stereocenters. The summed E-state index contributed by atoms with van der Waals surface area (Å²) < 4.78 is 13.8. The summed E-state index contributed by atoms with van der Waals surface area (Å²) >= 11 is 1.19. The molecule has 0 aliphatic carbocycles. The number of nitrogens with two attached hydrogens (primary N) is 1. The van der Waals surface area contributed by atoms with Crippen molar-refractivity contribution < 1.29 is 14.0 Å². The van der Waals surface area contributed by atoms with Crippen LogP contribution in [0.1, 0.15) is 20.0 Å². The van der Waals surface area contributed by atoms with Crippen LogP contribution in [0.2, 0.25) is 0 Å². The van der Waals surface area contributed by atoms with E-state index < -0.39 is 5.91 Å². The molecule has 120 valence electrons. The molecule has 0 saturated carbocycles. The van der Waals surface area contributed by atoms with Crippen LogP contribution in [0.25, 0.3) is 10.4 Å². The Bertz CT molecular complexity index is 921. The maximum Gasteiger partial charge on any atom is 0.265 e. The lowest BCUT2D eigenvalue weighted by Crippen LogP contribution is -2.13. The third-order valence-corrected chi connectivity index (χ3v) is 4.49. The zero-order valence-electron chi connectivity index (χ0n) is 12.5. The van der Waals surface area contributed by atoms with E-state index in [1.165, 1.54) is 23.5 Å². The van der Waals surface area contributed by atoms with Crippen molar-refractivity contribution in [2.75, 3.05) is 5.32 Å². The molecule has 0 unspecified atom stereocenters. The predicted molar refractivity (Wildman–Crippen MR) is 92.6 cm³/mol. The predicted octanol–water partition coefficient (Wildman–Crippen LogP) is 3.91. The maximum atomic E-state index is 13.8. The SMILES string of the molecule is NC(=O)c1cccc(NC(=O)c2ccc(-c3ccccc3F)s2)c1. The fourth-order valence-corrected chi connectivity index (χ4v) is 3.14. The molecule has 0 aliphatic heterocycles. The molecule has 2 amide bonds. The van der Waals surface area contributed by atoms with E-state index in [-0.39, 0.29) is 11.7 Å². The molecule has 3 rings (SSSR count). The van der Waals surface area contributed by atoms with Crippen LogP contribution in [0, 0.1) is 5.82 Å². The van der Waals surface area contributed by atoms with E-state index in [0.717, 1.165) is 0 Å². The van der Waals surface area contributed by atoms with Gasteiger partial charge in [0.2, 0.25) is 5.91 Å². The summed E-state index contributed by atoms with van der Waals surface area (Å²) in [7, 11) is 0. The Hall–Kier alpha value is -2.99. The number of carbonyl (C=O) groups is 2.